The summed E-state index contributed by atoms with van der Waals surface area (Å²) in [6, 6.07) is 10.3. The Morgan fingerprint density at radius 2 is 1.89 bits per heavy atom. The highest BCUT2D eigenvalue weighted by molar-refractivity contribution is 5.94. The zero-order chi connectivity index (χ0) is 19.1. The zero-order valence-electron chi connectivity index (χ0n) is 16.3. The molecule has 1 amide bonds. The van der Waals surface area contributed by atoms with E-state index >= 15 is 0 Å². The monoisotopic (exact) mass is 367 g/mol. The number of hydrogen-bond donors (Lipinski definition) is 1. The van der Waals surface area contributed by atoms with Crippen LogP contribution in [0.4, 0.5) is 5.95 Å². The molecule has 1 aliphatic heterocycles. The number of aromatic nitrogens is 2. The average molecular weight is 367 g/mol. The number of anilines is 1. The first-order valence-electron chi connectivity index (χ1n) is 9.80. The molecule has 1 saturated heterocycles. The smallest absolute Gasteiger partial charge is 0.254 e. The minimum atomic E-state index is -0.0945. The fourth-order valence-electron chi connectivity index (χ4n) is 3.33. The van der Waals surface area contributed by atoms with Crippen molar-refractivity contribution in [1.29, 1.82) is 0 Å². The van der Waals surface area contributed by atoms with Crippen LogP contribution in [-0.4, -0.2) is 60.0 Å². The molecule has 1 aliphatic rings. The number of carbonyl (C=O) groups excluding carboxylic acids is 1. The van der Waals surface area contributed by atoms with Crippen molar-refractivity contribution in [2.75, 3.05) is 44.2 Å². The Balaban J connectivity index is 1.50. The molecule has 0 saturated carbocycles. The normalized spacial score (nSPS) is 15.0. The number of nitrogens with zero attached hydrogens (tertiary/aromatic N) is 4. The van der Waals surface area contributed by atoms with Gasteiger partial charge in [0.2, 0.25) is 5.95 Å². The lowest BCUT2D eigenvalue weighted by Crippen LogP contribution is -2.46. The van der Waals surface area contributed by atoms with E-state index in [1.54, 1.807) is 6.20 Å². The quantitative estimate of drug-likeness (QED) is 0.761. The summed E-state index contributed by atoms with van der Waals surface area (Å²) in [5.74, 6) is 0.631. The highest BCUT2D eigenvalue weighted by Gasteiger charge is 2.19. The number of likely N-dealkylation sites (N-methyl/N-ethyl adjacent to an activating group) is 1. The molecule has 27 heavy (non-hydrogen) atoms. The second-order valence-corrected chi connectivity index (χ2v) is 6.94. The molecule has 0 unspecified atom stereocenters. The predicted molar refractivity (Wildman–Crippen MR) is 108 cm³/mol. The van der Waals surface area contributed by atoms with Crippen molar-refractivity contribution < 1.29 is 4.79 Å². The molecular formula is C21H29N5O. The van der Waals surface area contributed by atoms with E-state index in [4.69, 9.17) is 0 Å². The standard InChI is InChI=1S/C21H29N5O/c1-3-25-12-14-26(15-13-25)21-23-16-19(17(2)24-21)20(27)22-11-7-10-18-8-5-4-6-9-18/h4-6,8-9,16H,3,7,10-15H2,1-2H3,(H,22,27). The number of hydrogen-bond acceptors (Lipinski definition) is 5. The van der Waals surface area contributed by atoms with E-state index < -0.39 is 0 Å². The lowest BCUT2D eigenvalue weighted by atomic mass is 10.1. The molecule has 1 fully saturated rings. The molecule has 0 aliphatic carbocycles. The van der Waals surface area contributed by atoms with E-state index in [0.717, 1.165) is 57.2 Å². The van der Waals surface area contributed by atoms with Crippen LogP contribution in [0.5, 0.6) is 0 Å². The van der Waals surface area contributed by atoms with Gasteiger partial charge in [0.25, 0.3) is 5.91 Å². The molecule has 1 aromatic carbocycles. The fourth-order valence-corrected chi connectivity index (χ4v) is 3.33. The minimum absolute atomic E-state index is 0.0945. The third-order valence-corrected chi connectivity index (χ3v) is 5.08. The first-order chi connectivity index (χ1) is 13.2. The first kappa shape index (κ1) is 19.3. The highest BCUT2D eigenvalue weighted by Crippen LogP contribution is 2.14. The number of nitrogens with one attached hydrogen (secondary N) is 1. The minimum Gasteiger partial charge on any atom is -0.352 e. The zero-order valence-corrected chi connectivity index (χ0v) is 16.3. The van der Waals surface area contributed by atoms with Crippen molar-refractivity contribution >= 4 is 11.9 Å². The summed E-state index contributed by atoms with van der Waals surface area (Å²) >= 11 is 0. The van der Waals surface area contributed by atoms with Gasteiger partial charge in [0.1, 0.15) is 0 Å². The largest absolute Gasteiger partial charge is 0.352 e. The maximum Gasteiger partial charge on any atom is 0.254 e. The first-order valence-corrected chi connectivity index (χ1v) is 9.80. The Bertz CT molecular complexity index is 741. The van der Waals surface area contributed by atoms with Crippen LogP contribution in [0.2, 0.25) is 0 Å². The average Bonchev–Trinajstić information content (AvgIpc) is 2.72. The van der Waals surface area contributed by atoms with Crippen molar-refractivity contribution in [3.8, 4) is 0 Å². The lowest BCUT2D eigenvalue weighted by molar-refractivity contribution is 0.0952. The van der Waals surface area contributed by atoms with Gasteiger partial charge in [-0.25, -0.2) is 9.97 Å². The molecule has 0 bridgehead atoms. The summed E-state index contributed by atoms with van der Waals surface area (Å²) in [6.45, 7) is 9.71. The van der Waals surface area contributed by atoms with Crippen molar-refractivity contribution in [2.24, 2.45) is 0 Å². The highest BCUT2D eigenvalue weighted by atomic mass is 16.1. The molecule has 0 radical (unpaired) electrons. The Labute approximate surface area is 161 Å². The van der Waals surface area contributed by atoms with Crippen molar-refractivity contribution in [3.63, 3.8) is 0 Å². The second-order valence-electron chi connectivity index (χ2n) is 6.94. The molecular weight excluding hydrogens is 338 g/mol. The number of carbonyl (C=O) groups is 1. The number of benzene rings is 1. The van der Waals surface area contributed by atoms with Gasteiger partial charge in [-0.2, -0.15) is 0 Å². The molecule has 0 spiro atoms. The number of rotatable bonds is 7. The summed E-state index contributed by atoms with van der Waals surface area (Å²) in [7, 11) is 0. The number of aryl methyl sites for hydroxylation is 2. The molecule has 0 atom stereocenters. The Hall–Kier alpha value is -2.47. The van der Waals surface area contributed by atoms with Gasteiger partial charge >= 0.3 is 0 Å². The van der Waals surface area contributed by atoms with Crippen LogP contribution in [-0.2, 0) is 6.42 Å². The van der Waals surface area contributed by atoms with Crippen molar-refractivity contribution in [3.05, 3.63) is 53.3 Å². The van der Waals surface area contributed by atoms with Gasteiger partial charge in [0.15, 0.2) is 0 Å². The van der Waals surface area contributed by atoms with Crippen molar-refractivity contribution in [2.45, 2.75) is 26.7 Å². The number of amides is 1. The lowest BCUT2D eigenvalue weighted by Gasteiger charge is -2.34. The SMILES string of the molecule is CCN1CCN(c2ncc(C(=O)NCCCc3ccccc3)c(C)n2)CC1. The van der Waals surface area contributed by atoms with Crippen LogP contribution < -0.4 is 10.2 Å². The van der Waals surface area contributed by atoms with Crippen LogP contribution >= 0.6 is 0 Å². The summed E-state index contributed by atoms with van der Waals surface area (Å²) in [5, 5.41) is 2.98. The van der Waals surface area contributed by atoms with E-state index in [1.165, 1.54) is 5.56 Å². The Kier molecular flexibility index (Phi) is 6.76. The van der Waals surface area contributed by atoms with E-state index in [-0.39, 0.29) is 5.91 Å². The van der Waals surface area contributed by atoms with E-state index in [1.807, 2.05) is 25.1 Å². The summed E-state index contributed by atoms with van der Waals surface area (Å²) < 4.78 is 0. The van der Waals surface area contributed by atoms with Gasteiger partial charge in [0, 0.05) is 38.9 Å². The molecule has 2 heterocycles. The van der Waals surface area contributed by atoms with Crippen molar-refractivity contribution in [1.82, 2.24) is 20.2 Å². The van der Waals surface area contributed by atoms with Crippen LogP contribution in [0.15, 0.2) is 36.5 Å². The van der Waals surface area contributed by atoms with Gasteiger partial charge in [-0.1, -0.05) is 37.3 Å². The van der Waals surface area contributed by atoms with Gasteiger partial charge in [-0.15, -0.1) is 0 Å². The number of piperazine rings is 1. The van der Waals surface area contributed by atoms with E-state index in [9.17, 15) is 4.79 Å². The molecule has 3 rings (SSSR count). The molecule has 1 aromatic heterocycles. The molecule has 6 nitrogen and oxygen atoms in total. The Morgan fingerprint density at radius 3 is 2.56 bits per heavy atom. The summed E-state index contributed by atoms with van der Waals surface area (Å²) in [4.78, 5) is 26.1. The van der Waals surface area contributed by atoms with E-state index in [2.05, 4.69) is 44.1 Å². The predicted octanol–water partition coefficient (Wildman–Crippen LogP) is 2.29. The third kappa shape index (κ3) is 5.26. The maximum atomic E-state index is 12.4. The molecule has 1 N–H and O–H groups in total. The van der Waals surface area contributed by atoms with Gasteiger partial charge < -0.3 is 15.1 Å². The topological polar surface area (TPSA) is 61.4 Å². The van der Waals surface area contributed by atoms with Crippen LogP contribution in [0.3, 0.4) is 0 Å². The van der Waals surface area contributed by atoms with Gasteiger partial charge in [-0.3, -0.25) is 4.79 Å². The van der Waals surface area contributed by atoms with Gasteiger partial charge in [-0.05, 0) is 31.9 Å². The Morgan fingerprint density at radius 1 is 1.15 bits per heavy atom. The molecule has 2 aromatic rings. The molecule has 6 heteroatoms. The van der Waals surface area contributed by atoms with Crippen LogP contribution in [0, 0.1) is 6.92 Å². The van der Waals surface area contributed by atoms with E-state index in [0.29, 0.717) is 12.1 Å². The summed E-state index contributed by atoms with van der Waals surface area (Å²) in [5.41, 5.74) is 2.59. The maximum absolute atomic E-state index is 12.4. The summed E-state index contributed by atoms with van der Waals surface area (Å²) in [6.07, 6.45) is 3.53. The fraction of sp³-hybridized carbons (Fsp3) is 0.476. The second kappa shape index (κ2) is 9.46. The molecule has 144 valence electrons. The van der Waals surface area contributed by atoms with Crippen LogP contribution in [0.25, 0.3) is 0 Å². The van der Waals surface area contributed by atoms with Crippen LogP contribution in [0.1, 0.15) is 35.0 Å². The van der Waals surface area contributed by atoms with Gasteiger partial charge in [0.05, 0.1) is 11.3 Å². The third-order valence-electron chi connectivity index (χ3n) is 5.08.